The van der Waals surface area contributed by atoms with E-state index in [4.69, 9.17) is 4.74 Å². The molecule has 2 aliphatic carbocycles. The van der Waals surface area contributed by atoms with Gasteiger partial charge in [-0.1, -0.05) is 19.3 Å². The van der Waals surface area contributed by atoms with Crippen molar-refractivity contribution >= 4 is 16.0 Å². The summed E-state index contributed by atoms with van der Waals surface area (Å²) in [6.07, 6.45) is 9.47. The molecule has 1 N–H and O–H groups in total. The molecule has 1 heterocycles. The molecular formula is C13H22N2O3S. The summed E-state index contributed by atoms with van der Waals surface area (Å²) in [5.41, 5.74) is -0.502. The van der Waals surface area contributed by atoms with Gasteiger partial charge in [0.15, 0.2) is 0 Å². The van der Waals surface area contributed by atoms with Crippen molar-refractivity contribution in [1.29, 1.82) is 0 Å². The van der Waals surface area contributed by atoms with Crippen molar-refractivity contribution < 1.29 is 13.2 Å². The van der Waals surface area contributed by atoms with Crippen molar-refractivity contribution in [1.82, 2.24) is 4.72 Å². The molecule has 5 nitrogen and oxygen atoms in total. The smallest absolute Gasteiger partial charge is 0.299 e. The lowest BCUT2D eigenvalue weighted by molar-refractivity contribution is 0.0743. The molecule has 0 bridgehead atoms. The summed E-state index contributed by atoms with van der Waals surface area (Å²) < 4.78 is 32.4. The molecule has 0 unspecified atom stereocenters. The second kappa shape index (κ2) is 4.96. The first kappa shape index (κ1) is 13.2. The highest BCUT2D eigenvalue weighted by Gasteiger charge is 2.45. The van der Waals surface area contributed by atoms with Crippen LogP contribution in [0, 0.1) is 0 Å². The van der Waals surface area contributed by atoms with Crippen LogP contribution in [0.5, 0.6) is 0 Å². The Morgan fingerprint density at radius 2 is 1.79 bits per heavy atom. The topological polar surface area (TPSA) is 67.8 Å². The van der Waals surface area contributed by atoms with Crippen LogP contribution in [0.1, 0.15) is 57.8 Å². The van der Waals surface area contributed by atoms with Crippen molar-refractivity contribution in [3.8, 4) is 0 Å². The first-order chi connectivity index (χ1) is 9.07. The number of rotatable bonds is 1. The first-order valence-electron chi connectivity index (χ1n) is 7.34. The summed E-state index contributed by atoms with van der Waals surface area (Å²) in [5.74, 6) is 0.0870. The highest BCUT2D eigenvalue weighted by molar-refractivity contribution is 7.90. The van der Waals surface area contributed by atoms with Crippen LogP contribution in [0.2, 0.25) is 0 Å². The number of nitrogens with zero attached hydrogens (tertiary/aromatic N) is 1. The monoisotopic (exact) mass is 286 g/mol. The molecule has 3 aliphatic rings. The van der Waals surface area contributed by atoms with E-state index in [0.717, 1.165) is 38.5 Å². The van der Waals surface area contributed by atoms with Crippen LogP contribution in [-0.2, 0) is 14.8 Å². The maximum atomic E-state index is 12.0. The maximum absolute atomic E-state index is 12.0. The summed E-state index contributed by atoms with van der Waals surface area (Å²) in [5, 5.41) is 0. The van der Waals surface area contributed by atoms with Gasteiger partial charge >= 0.3 is 0 Å². The van der Waals surface area contributed by atoms with Crippen LogP contribution < -0.4 is 4.72 Å². The van der Waals surface area contributed by atoms with E-state index in [1.807, 2.05) is 0 Å². The summed E-state index contributed by atoms with van der Waals surface area (Å²) in [7, 11) is -3.28. The summed E-state index contributed by atoms with van der Waals surface area (Å²) >= 11 is 0. The molecule has 0 aromatic carbocycles. The zero-order valence-electron chi connectivity index (χ0n) is 11.2. The molecular weight excluding hydrogens is 264 g/mol. The number of nitrogens with one attached hydrogen (secondary N) is 1. The van der Waals surface area contributed by atoms with Crippen LogP contribution in [0.4, 0.5) is 0 Å². The van der Waals surface area contributed by atoms with Crippen molar-refractivity contribution in [3.63, 3.8) is 0 Å². The largest absolute Gasteiger partial charge is 0.457 e. The molecule has 0 amide bonds. The fourth-order valence-corrected chi connectivity index (χ4v) is 4.94. The van der Waals surface area contributed by atoms with Crippen LogP contribution in [0.25, 0.3) is 0 Å². The average Bonchev–Trinajstić information content (AvgIpc) is 2.75. The van der Waals surface area contributed by atoms with Crippen LogP contribution in [0.3, 0.4) is 0 Å². The number of amidine groups is 1. The quantitative estimate of drug-likeness (QED) is 0.801. The van der Waals surface area contributed by atoms with E-state index in [2.05, 4.69) is 9.71 Å². The zero-order chi connectivity index (χ0) is 13.3. The SMILES string of the molecule is O=S1(=O)CC2(CCCC2)OC(=NC2CCCCC2)N1. The average molecular weight is 286 g/mol. The predicted molar refractivity (Wildman–Crippen MR) is 73.5 cm³/mol. The van der Waals surface area contributed by atoms with Crippen molar-refractivity contribution in [2.45, 2.75) is 69.4 Å². The van der Waals surface area contributed by atoms with E-state index in [0.29, 0.717) is 0 Å². The molecule has 0 atom stereocenters. The van der Waals surface area contributed by atoms with Crippen LogP contribution in [0.15, 0.2) is 4.99 Å². The Bertz CT molecular complexity index is 460. The highest BCUT2D eigenvalue weighted by atomic mass is 32.2. The Hall–Kier alpha value is -0.780. The van der Waals surface area contributed by atoms with Crippen molar-refractivity contribution in [2.24, 2.45) is 4.99 Å². The predicted octanol–water partition coefficient (Wildman–Crippen LogP) is 1.94. The minimum absolute atomic E-state index is 0.0870. The van der Waals surface area contributed by atoms with E-state index in [9.17, 15) is 8.42 Å². The molecule has 2 saturated carbocycles. The molecule has 0 aromatic heterocycles. The van der Waals surface area contributed by atoms with E-state index in [-0.39, 0.29) is 17.8 Å². The lowest BCUT2D eigenvalue weighted by Gasteiger charge is -2.35. The van der Waals surface area contributed by atoms with Gasteiger partial charge in [0.25, 0.3) is 6.02 Å². The fourth-order valence-electron chi connectivity index (χ4n) is 3.47. The highest BCUT2D eigenvalue weighted by Crippen LogP contribution is 2.36. The lowest BCUT2D eigenvalue weighted by atomic mass is 9.96. The van der Waals surface area contributed by atoms with Gasteiger partial charge in [0.05, 0.1) is 6.04 Å². The molecule has 0 radical (unpaired) electrons. The Kier molecular flexibility index (Phi) is 3.45. The molecule has 1 spiro atoms. The third-order valence-corrected chi connectivity index (χ3v) is 5.79. The zero-order valence-corrected chi connectivity index (χ0v) is 12.0. The van der Waals surface area contributed by atoms with E-state index < -0.39 is 15.6 Å². The molecule has 6 heteroatoms. The summed E-state index contributed by atoms with van der Waals surface area (Å²) in [6.45, 7) is 0. The molecule has 19 heavy (non-hydrogen) atoms. The van der Waals surface area contributed by atoms with Gasteiger partial charge in [-0.05, 0) is 38.5 Å². The molecule has 0 aromatic rings. The Labute approximate surface area is 114 Å². The van der Waals surface area contributed by atoms with Gasteiger partial charge in [0.1, 0.15) is 11.4 Å². The molecule has 3 fully saturated rings. The van der Waals surface area contributed by atoms with Gasteiger partial charge in [-0.15, -0.1) is 0 Å². The lowest BCUT2D eigenvalue weighted by Crippen LogP contribution is -2.53. The van der Waals surface area contributed by atoms with E-state index in [1.165, 1.54) is 19.3 Å². The third kappa shape index (κ3) is 3.04. The minimum atomic E-state index is -3.28. The van der Waals surface area contributed by atoms with E-state index >= 15 is 0 Å². The van der Waals surface area contributed by atoms with Crippen molar-refractivity contribution in [3.05, 3.63) is 0 Å². The normalized spacial score (nSPS) is 32.1. The van der Waals surface area contributed by atoms with Crippen molar-refractivity contribution in [2.75, 3.05) is 5.75 Å². The van der Waals surface area contributed by atoms with Gasteiger partial charge in [-0.25, -0.2) is 18.1 Å². The summed E-state index contributed by atoms with van der Waals surface area (Å²) in [4.78, 5) is 4.51. The Balaban J connectivity index is 1.78. The standard InChI is InChI=1S/C13H22N2O3S/c16-19(17)10-13(8-4-5-9-13)18-12(15-19)14-11-6-2-1-3-7-11/h11H,1-10H2,(H,14,15). The molecule has 1 saturated heterocycles. The summed E-state index contributed by atoms with van der Waals surface area (Å²) in [6, 6.07) is 0.475. The second-order valence-corrected chi connectivity index (χ2v) is 7.80. The number of hydrogen-bond donors (Lipinski definition) is 1. The third-order valence-electron chi connectivity index (χ3n) is 4.40. The fraction of sp³-hybridized carbons (Fsp3) is 0.923. The van der Waals surface area contributed by atoms with Gasteiger partial charge in [0.2, 0.25) is 10.0 Å². The van der Waals surface area contributed by atoms with Gasteiger partial charge in [0, 0.05) is 0 Å². The number of ether oxygens (including phenoxy) is 1. The number of aliphatic imine (C=N–C) groups is 1. The minimum Gasteiger partial charge on any atom is -0.457 e. The Morgan fingerprint density at radius 1 is 1.11 bits per heavy atom. The number of sulfonamides is 1. The molecule has 3 rings (SSSR count). The second-order valence-electron chi connectivity index (χ2n) is 6.08. The van der Waals surface area contributed by atoms with E-state index in [1.54, 1.807) is 0 Å². The van der Waals surface area contributed by atoms with Crippen LogP contribution >= 0.6 is 0 Å². The Morgan fingerprint density at radius 3 is 2.47 bits per heavy atom. The van der Waals surface area contributed by atoms with Crippen LogP contribution in [-0.4, -0.2) is 31.8 Å². The first-order valence-corrected chi connectivity index (χ1v) is 9.00. The molecule has 108 valence electrons. The van der Waals surface area contributed by atoms with Gasteiger partial charge < -0.3 is 4.74 Å². The maximum Gasteiger partial charge on any atom is 0.299 e. The number of hydrogen-bond acceptors (Lipinski definition) is 4. The van der Waals surface area contributed by atoms with Gasteiger partial charge in [-0.2, -0.15) is 0 Å². The van der Waals surface area contributed by atoms with Gasteiger partial charge in [-0.3, -0.25) is 0 Å². The molecule has 1 aliphatic heterocycles.